The van der Waals surface area contributed by atoms with Crippen molar-refractivity contribution in [3.63, 3.8) is 0 Å². The van der Waals surface area contributed by atoms with Gasteiger partial charge in [0.05, 0.1) is 14.6 Å². The second-order valence-corrected chi connectivity index (χ2v) is 4.87. The normalized spacial score (nSPS) is 11.1. The summed E-state index contributed by atoms with van der Waals surface area (Å²) in [5, 5.41) is 1.28. The van der Waals surface area contributed by atoms with Crippen molar-refractivity contribution in [2.45, 2.75) is 13.3 Å². The molecule has 0 fully saturated rings. The van der Waals surface area contributed by atoms with Crippen LogP contribution in [-0.4, -0.2) is 4.57 Å². The van der Waals surface area contributed by atoms with Gasteiger partial charge in [-0.2, -0.15) is 0 Å². The molecule has 0 atom stereocenters. The molecule has 0 spiro atoms. The number of hydrogen-bond acceptors (Lipinski definition) is 0. The Bertz CT molecular complexity index is 485. The van der Waals surface area contributed by atoms with Crippen LogP contribution in [0, 0.1) is 0 Å². The molecule has 1 aromatic heterocycles. The van der Waals surface area contributed by atoms with Crippen molar-refractivity contribution < 1.29 is 0 Å². The highest BCUT2D eigenvalue weighted by atomic mass is 79.9. The van der Waals surface area contributed by atoms with Crippen molar-refractivity contribution in [3.05, 3.63) is 32.8 Å². The number of fused-ring (bicyclic) bond motifs is 1. The number of hydrogen-bond donors (Lipinski definition) is 0. The zero-order valence-corrected chi connectivity index (χ0v) is 11.3. The van der Waals surface area contributed by atoms with Crippen LogP contribution >= 0.6 is 31.9 Å². The molecule has 0 bridgehead atoms. The number of aryl methyl sites for hydroxylation is 2. The quantitative estimate of drug-likeness (QED) is 0.740. The zero-order valence-electron chi connectivity index (χ0n) is 8.14. The zero-order chi connectivity index (χ0) is 10.3. The van der Waals surface area contributed by atoms with Crippen molar-refractivity contribution in [2.24, 2.45) is 7.05 Å². The molecule has 1 heterocycles. The summed E-state index contributed by atoms with van der Waals surface area (Å²) in [5.74, 6) is 0. The van der Waals surface area contributed by atoms with Gasteiger partial charge in [0.15, 0.2) is 0 Å². The molecule has 0 saturated heterocycles. The van der Waals surface area contributed by atoms with Gasteiger partial charge >= 0.3 is 0 Å². The Balaban J connectivity index is 2.94. The molecule has 74 valence electrons. The van der Waals surface area contributed by atoms with Gasteiger partial charge in [0, 0.05) is 12.4 Å². The molecular weight excluding hydrogens is 306 g/mol. The summed E-state index contributed by atoms with van der Waals surface area (Å²) >= 11 is 7.17. The van der Waals surface area contributed by atoms with Gasteiger partial charge in [-0.3, -0.25) is 0 Å². The standard InChI is InChI=1S/C11H11Br2N/c1-3-7-5-4-6-8-9(12)11(13)14(2)10(7)8/h4-6H,3H2,1-2H3. The van der Waals surface area contributed by atoms with Crippen LogP contribution in [0.2, 0.25) is 0 Å². The fraction of sp³-hybridized carbons (Fsp3) is 0.273. The van der Waals surface area contributed by atoms with Crippen LogP contribution in [0.25, 0.3) is 10.9 Å². The summed E-state index contributed by atoms with van der Waals surface area (Å²) < 4.78 is 4.43. The molecule has 0 aliphatic rings. The Morgan fingerprint density at radius 2 is 2.00 bits per heavy atom. The molecule has 0 aliphatic carbocycles. The van der Waals surface area contributed by atoms with Crippen LogP contribution in [0.1, 0.15) is 12.5 Å². The molecule has 0 unspecified atom stereocenters. The number of nitrogens with zero attached hydrogens (tertiary/aromatic N) is 1. The lowest BCUT2D eigenvalue weighted by atomic mass is 10.1. The number of aromatic nitrogens is 1. The average molecular weight is 317 g/mol. The summed E-state index contributed by atoms with van der Waals surface area (Å²) in [7, 11) is 2.08. The largest absolute Gasteiger partial charge is 0.337 e. The van der Waals surface area contributed by atoms with E-state index < -0.39 is 0 Å². The summed E-state index contributed by atoms with van der Waals surface area (Å²) in [4.78, 5) is 0. The van der Waals surface area contributed by atoms with E-state index in [2.05, 4.69) is 68.6 Å². The van der Waals surface area contributed by atoms with Crippen molar-refractivity contribution in [2.75, 3.05) is 0 Å². The molecule has 1 nitrogen and oxygen atoms in total. The monoisotopic (exact) mass is 315 g/mol. The molecule has 14 heavy (non-hydrogen) atoms. The lowest BCUT2D eigenvalue weighted by molar-refractivity contribution is 0.926. The van der Waals surface area contributed by atoms with E-state index >= 15 is 0 Å². The minimum Gasteiger partial charge on any atom is -0.337 e. The van der Waals surface area contributed by atoms with Gasteiger partial charge in [-0.05, 0) is 43.8 Å². The van der Waals surface area contributed by atoms with Gasteiger partial charge in [-0.1, -0.05) is 25.1 Å². The minimum absolute atomic E-state index is 1.06. The van der Waals surface area contributed by atoms with E-state index in [9.17, 15) is 0 Å². The number of benzene rings is 1. The van der Waals surface area contributed by atoms with E-state index in [1.807, 2.05) is 0 Å². The van der Waals surface area contributed by atoms with Crippen LogP contribution in [-0.2, 0) is 13.5 Å². The highest BCUT2D eigenvalue weighted by Crippen LogP contribution is 2.35. The van der Waals surface area contributed by atoms with Crippen LogP contribution in [0.5, 0.6) is 0 Å². The SMILES string of the molecule is CCc1cccc2c(Br)c(Br)n(C)c12. The van der Waals surface area contributed by atoms with E-state index in [1.54, 1.807) is 0 Å². The van der Waals surface area contributed by atoms with Crippen molar-refractivity contribution in [1.29, 1.82) is 0 Å². The fourth-order valence-corrected chi connectivity index (χ4v) is 2.78. The highest BCUT2D eigenvalue weighted by Gasteiger charge is 2.12. The second-order valence-electron chi connectivity index (χ2n) is 3.33. The maximum Gasteiger partial charge on any atom is 0.0999 e. The van der Waals surface area contributed by atoms with E-state index in [1.165, 1.54) is 16.5 Å². The third-order valence-electron chi connectivity index (χ3n) is 2.55. The molecular formula is C11H11Br2N. The van der Waals surface area contributed by atoms with Crippen molar-refractivity contribution in [3.8, 4) is 0 Å². The third-order valence-corrected chi connectivity index (χ3v) is 4.81. The minimum atomic E-state index is 1.06. The van der Waals surface area contributed by atoms with Crippen molar-refractivity contribution >= 4 is 42.8 Å². The number of para-hydroxylation sites is 1. The van der Waals surface area contributed by atoms with Gasteiger partial charge in [-0.15, -0.1) is 0 Å². The molecule has 1 aromatic carbocycles. The Hall–Kier alpha value is -0.280. The molecule has 0 saturated carbocycles. The summed E-state index contributed by atoms with van der Waals surface area (Å²) in [5.41, 5.74) is 2.70. The van der Waals surface area contributed by atoms with Gasteiger partial charge < -0.3 is 4.57 Å². The van der Waals surface area contributed by atoms with E-state index in [-0.39, 0.29) is 0 Å². The molecule has 3 heteroatoms. The molecule has 2 aromatic rings. The van der Waals surface area contributed by atoms with Crippen LogP contribution in [0.4, 0.5) is 0 Å². The molecule has 0 amide bonds. The highest BCUT2D eigenvalue weighted by molar-refractivity contribution is 9.13. The lowest BCUT2D eigenvalue weighted by Gasteiger charge is -2.03. The fourth-order valence-electron chi connectivity index (χ4n) is 1.81. The van der Waals surface area contributed by atoms with E-state index in [0.717, 1.165) is 15.5 Å². The number of rotatable bonds is 1. The first-order valence-electron chi connectivity index (χ1n) is 4.58. The Morgan fingerprint density at radius 3 is 2.64 bits per heavy atom. The summed E-state index contributed by atoms with van der Waals surface area (Å²) in [6.45, 7) is 2.18. The third kappa shape index (κ3) is 1.34. The predicted molar refractivity (Wildman–Crippen MR) is 67.7 cm³/mol. The predicted octanol–water partition coefficient (Wildman–Crippen LogP) is 4.27. The average Bonchev–Trinajstić information content (AvgIpc) is 2.44. The molecule has 0 radical (unpaired) electrons. The first-order chi connectivity index (χ1) is 6.66. The maximum absolute atomic E-state index is 3.60. The molecule has 2 rings (SSSR count). The lowest BCUT2D eigenvalue weighted by Crippen LogP contribution is -1.91. The van der Waals surface area contributed by atoms with Crippen LogP contribution in [0.3, 0.4) is 0 Å². The smallest absolute Gasteiger partial charge is 0.0999 e. The first-order valence-corrected chi connectivity index (χ1v) is 6.16. The molecule has 0 N–H and O–H groups in total. The van der Waals surface area contributed by atoms with Gasteiger partial charge in [0.2, 0.25) is 0 Å². The first kappa shape index (κ1) is 10.2. The Labute approximate surface area is 100 Å². The van der Waals surface area contributed by atoms with Gasteiger partial charge in [-0.25, -0.2) is 0 Å². The topological polar surface area (TPSA) is 4.93 Å². The van der Waals surface area contributed by atoms with E-state index in [0.29, 0.717) is 0 Å². The number of halogens is 2. The van der Waals surface area contributed by atoms with Crippen LogP contribution < -0.4 is 0 Å². The maximum atomic E-state index is 3.60. The van der Waals surface area contributed by atoms with Gasteiger partial charge in [0.25, 0.3) is 0 Å². The van der Waals surface area contributed by atoms with E-state index in [4.69, 9.17) is 0 Å². The Kier molecular flexibility index (Phi) is 2.71. The second kappa shape index (κ2) is 3.70. The molecule has 0 aliphatic heterocycles. The van der Waals surface area contributed by atoms with Gasteiger partial charge in [0.1, 0.15) is 0 Å². The Morgan fingerprint density at radius 1 is 1.29 bits per heavy atom. The summed E-state index contributed by atoms with van der Waals surface area (Å²) in [6.07, 6.45) is 1.06. The van der Waals surface area contributed by atoms with Crippen molar-refractivity contribution in [1.82, 2.24) is 4.57 Å². The summed E-state index contributed by atoms with van der Waals surface area (Å²) in [6, 6.07) is 6.43. The van der Waals surface area contributed by atoms with Crippen LogP contribution in [0.15, 0.2) is 27.3 Å².